The normalized spacial score (nSPS) is 11.8. The van der Waals surface area contributed by atoms with Crippen LogP contribution in [0.15, 0.2) is 5.16 Å². The molecule has 0 rings (SSSR count). The van der Waals surface area contributed by atoms with Gasteiger partial charge in [0.25, 0.3) is 0 Å². The van der Waals surface area contributed by atoms with Crippen LogP contribution in [0.4, 0.5) is 0 Å². The number of oxime groups is 1. The number of carbonyl (C=O) groups is 2. The minimum absolute atomic E-state index is 0.142. The molecule has 0 atom stereocenters. The molecule has 5 nitrogen and oxygen atoms in total. The van der Waals surface area contributed by atoms with Crippen molar-refractivity contribution >= 4 is 17.3 Å². The third-order valence-electron chi connectivity index (χ3n) is 2.15. The van der Waals surface area contributed by atoms with E-state index in [1.807, 2.05) is 0 Å². The summed E-state index contributed by atoms with van der Waals surface area (Å²) in [6, 6.07) is 1.80. The molecule has 0 saturated heterocycles. The highest BCUT2D eigenvalue weighted by Gasteiger charge is 2.38. The minimum Gasteiger partial charge on any atom is -0.373 e. The van der Waals surface area contributed by atoms with Gasteiger partial charge in [-0.1, -0.05) is 12.1 Å². The fourth-order valence-corrected chi connectivity index (χ4v) is 0.687. The molecule has 0 aliphatic heterocycles. The van der Waals surface area contributed by atoms with Gasteiger partial charge in [0.05, 0.1) is 0 Å². The standard InChI is InChI=1S/C10H14N2O3/c1-5-9(6-11)12-15-10(4,7(2)13)8(3)14/h5H2,1-4H3/b12-9+. The van der Waals surface area contributed by atoms with Crippen molar-refractivity contribution in [2.24, 2.45) is 5.16 Å². The quantitative estimate of drug-likeness (QED) is 0.388. The highest BCUT2D eigenvalue weighted by atomic mass is 16.7. The Morgan fingerprint density at radius 3 is 2.13 bits per heavy atom. The Balaban J connectivity index is 4.89. The highest BCUT2D eigenvalue weighted by molar-refractivity contribution is 6.08. The first kappa shape index (κ1) is 13.3. The molecule has 0 amide bonds. The van der Waals surface area contributed by atoms with Crippen LogP contribution in [0, 0.1) is 11.3 Å². The Bertz CT molecular complexity index is 325. The Morgan fingerprint density at radius 1 is 1.40 bits per heavy atom. The SMILES string of the molecule is CC/C(C#N)=N\OC(C)(C(C)=O)C(C)=O. The first-order valence-electron chi connectivity index (χ1n) is 4.55. The number of nitriles is 1. The molecular weight excluding hydrogens is 196 g/mol. The van der Waals surface area contributed by atoms with Gasteiger partial charge in [0.2, 0.25) is 5.60 Å². The van der Waals surface area contributed by atoms with E-state index in [9.17, 15) is 9.59 Å². The fraction of sp³-hybridized carbons (Fsp3) is 0.600. The molecule has 0 spiro atoms. The van der Waals surface area contributed by atoms with Crippen LogP contribution in [0.5, 0.6) is 0 Å². The maximum atomic E-state index is 11.2. The number of rotatable bonds is 5. The molecule has 0 bridgehead atoms. The van der Waals surface area contributed by atoms with Crippen LogP contribution in [-0.4, -0.2) is 22.9 Å². The van der Waals surface area contributed by atoms with Crippen LogP contribution >= 0.6 is 0 Å². The monoisotopic (exact) mass is 210 g/mol. The first-order valence-corrected chi connectivity index (χ1v) is 4.55. The molecular formula is C10H14N2O3. The molecule has 0 aromatic rings. The van der Waals surface area contributed by atoms with Gasteiger partial charge in [-0.3, -0.25) is 9.59 Å². The van der Waals surface area contributed by atoms with Crippen LogP contribution in [0.1, 0.15) is 34.1 Å². The first-order chi connectivity index (χ1) is 6.88. The predicted octanol–water partition coefficient (Wildman–Crippen LogP) is 1.23. The van der Waals surface area contributed by atoms with E-state index >= 15 is 0 Å². The molecule has 5 heteroatoms. The zero-order valence-electron chi connectivity index (χ0n) is 9.33. The van der Waals surface area contributed by atoms with Gasteiger partial charge < -0.3 is 4.84 Å². The number of hydrogen-bond acceptors (Lipinski definition) is 5. The summed E-state index contributed by atoms with van der Waals surface area (Å²) in [5.41, 5.74) is -1.44. The highest BCUT2D eigenvalue weighted by Crippen LogP contribution is 2.14. The van der Waals surface area contributed by atoms with Crippen molar-refractivity contribution in [3.63, 3.8) is 0 Å². The summed E-state index contributed by atoms with van der Waals surface area (Å²) >= 11 is 0. The number of ketones is 2. The summed E-state index contributed by atoms with van der Waals surface area (Å²) in [6.45, 7) is 5.56. The summed E-state index contributed by atoms with van der Waals surface area (Å²) in [5, 5.41) is 12.1. The van der Waals surface area contributed by atoms with E-state index in [1.165, 1.54) is 20.8 Å². The van der Waals surface area contributed by atoms with Crippen molar-refractivity contribution in [3.8, 4) is 6.07 Å². The zero-order valence-corrected chi connectivity index (χ0v) is 9.33. The van der Waals surface area contributed by atoms with E-state index in [4.69, 9.17) is 10.1 Å². The number of hydrogen-bond donors (Lipinski definition) is 0. The van der Waals surface area contributed by atoms with Crippen LogP contribution in [0.2, 0.25) is 0 Å². The van der Waals surface area contributed by atoms with E-state index < -0.39 is 17.2 Å². The maximum Gasteiger partial charge on any atom is 0.249 e. The second-order valence-electron chi connectivity index (χ2n) is 3.24. The molecule has 0 aliphatic rings. The van der Waals surface area contributed by atoms with Crippen molar-refractivity contribution in [3.05, 3.63) is 0 Å². The average molecular weight is 210 g/mol. The van der Waals surface area contributed by atoms with Crippen LogP contribution in [-0.2, 0) is 14.4 Å². The van der Waals surface area contributed by atoms with Gasteiger partial charge in [-0.05, 0) is 20.8 Å². The Hall–Kier alpha value is -1.70. The second-order valence-corrected chi connectivity index (χ2v) is 3.24. The summed E-state index contributed by atoms with van der Waals surface area (Å²) in [4.78, 5) is 27.3. The van der Waals surface area contributed by atoms with Crippen molar-refractivity contribution < 1.29 is 14.4 Å². The molecule has 15 heavy (non-hydrogen) atoms. The van der Waals surface area contributed by atoms with E-state index in [2.05, 4.69) is 5.16 Å². The molecule has 0 aromatic carbocycles. The molecule has 0 aromatic heterocycles. The van der Waals surface area contributed by atoms with Gasteiger partial charge in [0, 0.05) is 6.42 Å². The van der Waals surface area contributed by atoms with Gasteiger partial charge in [0.1, 0.15) is 6.07 Å². The molecule has 0 saturated carbocycles. The Kier molecular flexibility index (Phi) is 4.65. The third kappa shape index (κ3) is 3.17. The summed E-state index contributed by atoms with van der Waals surface area (Å²) in [6.07, 6.45) is 0.391. The second kappa shape index (κ2) is 5.25. The lowest BCUT2D eigenvalue weighted by molar-refractivity contribution is -0.153. The van der Waals surface area contributed by atoms with E-state index in [0.29, 0.717) is 6.42 Å². The van der Waals surface area contributed by atoms with Gasteiger partial charge in [-0.25, -0.2) is 0 Å². The van der Waals surface area contributed by atoms with Gasteiger partial charge in [-0.2, -0.15) is 5.26 Å². The van der Waals surface area contributed by atoms with Crippen molar-refractivity contribution in [2.45, 2.75) is 39.7 Å². The summed E-state index contributed by atoms with van der Waals surface area (Å²) in [5.74, 6) is -0.876. The topological polar surface area (TPSA) is 79.5 Å². The van der Waals surface area contributed by atoms with Crippen molar-refractivity contribution in [1.82, 2.24) is 0 Å². The lowest BCUT2D eigenvalue weighted by Gasteiger charge is -2.20. The van der Waals surface area contributed by atoms with Gasteiger partial charge in [-0.15, -0.1) is 0 Å². The molecule has 82 valence electrons. The van der Waals surface area contributed by atoms with Gasteiger partial charge >= 0.3 is 0 Å². The number of nitrogens with zero attached hydrogens (tertiary/aromatic N) is 2. The molecule has 0 unspecified atom stereocenters. The maximum absolute atomic E-state index is 11.2. The molecule has 0 radical (unpaired) electrons. The lowest BCUT2D eigenvalue weighted by Crippen LogP contribution is -2.42. The summed E-state index contributed by atoms with van der Waals surface area (Å²) in [7, 11) is 0. The Labute approximate surface area is 88.7 Å². The van der Waals surface area contributed by atoms with Gasteiger partial charge in [0.15, 0.2) is 17.3 Å². The molecule has 0 fully saturated rings. The lowest BCUT2D eigenvalue weighted by atomic mass is 9.98. The summed E-state index contributed by atoms with van der Waals surface area (Å²) < 4.78 is 0. The molecule has 0 aliphatic carbocycles. The average Bonchev–Trinajstić information content (AvgIpc) is 2.18. The zero-order chi connectivity index (χ0) is 12.1. The third-order valence-corrected chi connectivity index (χ3v) is 2.15. The van der Waals surface area contributed by atoms with Crippen molar-refractivity contribution in [1.29, 1.82) is 5.26 Å². The van der Waals surface area contributed by atoms with E-state index in [0.717, 1.165) is 0 Å². The van der Waals surface area contributed by atoms with Crippen LogP contribution in [0.3, 0.4) is 0 Å². The van der Waals surface area contributed by atoms with E-state index in [1.54, 1.807) is 13.0 Å². The minimum atomic E-state index is -1.59. The predicted molar refractivity (Wildman–Crippen MR) is 54.2 cm³/mol. The largest absolute Gasteiger partial charge is 0.373 e. The molecule has 0 N–H and O–H groups in total. The van der Waals surface area contributed by atoms with Crippen LogP contribution in [0.25, 0.3) is 0 Å². The number of Topliss-reactive ketones (excluding diaryl/α,β-unsaturated/α-hetero) is 2. The number of carbonyl (C=O) groups excluding carboxylic acids is 2. The van der Waals surface area contributed by atoms with E-state index in [-0.39, 0.29) is 5.71 Å². The van der Waals surface area contributed by atoms with Crippen molar-refractivity contribution in [2.75, 3.05) is 0 Å². The Morgan fingerprint density at radius 2 is 1.87 bits per heavy atom. The smallest absolute Gasteiger partial charge is 0.249 e. The molecule has 0 heterocycles. The van der Waals surface area contributed by atoms with Crippen LogP contribution < -0.4 is 0 Å². The fourth-order valence-electron chi connectivity index (χ4n) is 0.687.